The summed E-state index contributed by atoms with van der Waals surface area (Å²) in [7, 11) is 0. The number of nitrogens with one attached hydrogen (secondary N) is 1. The van der Waals surface area contributed by atoms with E-state index in [1.807, 2.05) is 48.0 Å². The fraction of sp³-hybridized carbons (Fsp3) is 0.171. The zero-order valence-corrected chi connectivity index (χ0v) is 24.2. The first kappa shape index (κ1) is 25.8. The first-order valence-corrected chi connectivity index (χ1v) is 14.3. The number of hydrogen-bond acceptors (Lipinski definition) is 5. The molecule has 1 atom stereocenters. The second-order valence-electron chi connectivity index (χ2n) is 10.7. The average molecular weight is 553 g/mol. The van der Waals surface area contributed by atoms with Gasteiger partial charge in [0.05, 0.1) is 41.1 Å². The van der Waals surface area contributed by atoms with Crippen molar-refractivity contribution >= 4 is 34.6 Å². The molecule has 7 rings (SSSR count). The van der Waals surface area contributed by atoms with Gasteiger partial charge in [-0.15, -0.1) is 0 Å². The third kappa shape index (κ3) is 4.34. The molecule has 2 aliphatic heterocycles. The Labute approximate surface area is 245 Å². The maximum absolute atomic E-state index is 5.79. The second kappa shape index (κ2) is 10.3. The fourth-order valence-corrected chi connectivity index (χ4v) is 5.86. The van der Waals surface area contributed by atoms with Gasteiger partial charge in [0.1, 0.15) is 5.75 Å². The molecule has 1 aromatic heterocycles. The van der Waals surface area contributed by atoms with Gasteiger partial charge in [-0.3, -0.25) is 0 Å². The van der Waals surface area contributed by atoms with E-state index in [2.05, 4.69) is 91.7 Å². The molecule has 7 nitrogen and oxygen atoms in total. The lowest BCUT2D eigenvalue weighted by atomic mass is 9.93. The molecule has 0 amide bonds. The van der Waals surface area contributed by atoms with Crippen LogP contribution in [0, 0.1) is 20.8 Å². The molecule has 0 spiro atoms. The van der Waals surface area contributed by atoms with Crippen LogP contribution in [0.3, 0.4) is 0 Å². The zero-order valence-electron chi connectivity index (χ0n) is 24.2. The lowest BCUT2D eigenvalue weighted by Crippen LogP contribution is -2.48. The standard InChI is InChI=1S/C35H32N6O/c1-5-42-27-18-16-25(17-19-27)32-31-24(4)39-41(26-11-7-6-8-12-26)34(31)38-35-33(36-28-20-15-22(2)21-23(28)3)37-29-13-9-10-14-30(29)40(32)35/h6-21,32H,5H2,1-4H3,(H,36,37). The molecule has 0 bridgehead atoms. The Bertz CT molecular complexity index is 1850. The smallest absolute Gasteiger partial charge is 0.179 e. The van der Waals surface area contributed by atoms with Gasteiger partial charge in [-0.2, -0.15) is 5.10 Å². The van der Waals surface area contributed by atoms with E-state index in [1.165, 1.54) is 5.56 Å². The van der Waals surface area contributed by atoms with E-state index in [9.17, 15) is 0 Å². The van der Waals surface area contributed by atoms with E-state index in [0.717, 1.165) is 62.5 Å². The van der Waals surface area contributed by atoms with Crippen molar-refractivity contribution < 1.29 is 4.74 Å². The Hall–Kier alpha value is -5.17. The highest BCUT2D eigenvalue weighted by Gasteiger charge is 2.41. The van der Waals surface area contributed by atoms with Crippen LogP contribution in [0.25, 0.3) is 5.69 Å². The molecule has 0 radical (unpaired) electrons. The Kier molecular flexibility index (Phi) is 6.35. The third-order valence-electron chi connectivity index (χ3n) is 7.77. The number of para-hydroxylation sites is 3. The van der Waals surface area contributed by atoms with Gasteiger partial charge in [0.25, 0.3) is 0 Å². The third-order valence-corrected chi connectivity index (χ3v) is 7.77. The summed E-state index contributed by atoms with van der Waals surface area (Å²) in [4.78, 5) is 12.8. The molecule has 2 aliphatic rings. The molecule has 5 aromatic rings. The first-order chi connectivity index (χ1) is 20.5. The Balaban J connectivity index is 1.50. The summed E-state index contributed by atoms with van der Waals surface area (Å²) in [5.74, 6) is 3.09. The van der Waals surface area contributed by atoms with Gasteiger partial charge >= 0.3 is 0 Å². The predicted octanol–water partition coefficient (Wildman–Crippen LogP) is 7.99. The monoisotopic (exact) mass is 552 g/mol. The highest BCUT2D eigenvalue weighted by molar-refractivity contribution is 6.52. The van der Waals surface area contributed by atoms with Gasteiger partial charge in [-0.05, 0) is 81.3 Å². The van der Waals surface area contributed by atoms with Gasteiger partial charge in [0.2, 0.25) is 0 Å². The number of ether oxygens (including phenoxy) is 1. The predicted molar refractivity (Wildman–Crippen MR) is 170 cm³/mol. The summed E-state index contributed by atoms with van der Waals surface area (Å²) in [6.45, 7) is 8.88. The van der Waals surface area contributed by atoms with Crippen molar-refractivity contribution in [3.8, 4) is 11.4 Å². The second-order valence-corrected chi connectivity index (χ2v) is 10.7. The molecule has 1 unspecified atom stereocenters. The molecular formula is C35H32N6O. The van der Waals surface area contributed by atoms with E-state index in [-0.39, 0.29) is 6.04 Å². The van der Waals surface area contributed by atoms with Crippen molar-refractivity contribution in [1.82, 2.24) is 9.78 Å². The van der Waals surface area contributed by atoms with E-state index < -0.39 is 0 Å². The average Bonchev–Trinajstić information content (AvgIpc) is 3.34. The number of rotatable bonds is 5. The molecule has 42 heavy (non-hydrogen) atoms. The number of aromatic nitrogens is 2. The van der Waals surface area contributed by atoms with Crippen LogP contribution >= 0.6 is 0 Å². The minimum Gasteiger partial charge on any atom is -0.494 e. The van der Waals surface area contributed by atoms with Gasteiger partial charge < -0.3 is 15.0 Å². The van der Waals surface area contributed by atoms with Crippen LogP contribution in [0.4, 0.5) is 22.9 Å². The van der Waals surface area contributed by atoms with Crippen molar-refractivity contribution in [1.29, 1.82) is 0 Å². The van der Waals surface area contributed by atoms with Crippen molar-refractivity contribution in [3.63, 3.8) is 0 Å². The Morgan fingerprint density at radius 2 is 1.64 bits per heavy atom. The zero-order chi connectivity index (χ0) is 28.8. The van der Waals surface area contributed by atoms with Crippen LogP contribution < -0.4 is 15.0 Å². The van der Waals surface area contributed by atoms with Gasteiger partial charge in [-0.1, -0.05) is 60.2 Å². The van der Waals surface area contributed by atoms with Crippen molar-refractivity contribution in [2.45, 2.75) is 33.7 Å². The molecule has 1 N–H and O–H groups in total. The number of benzene rings is 4. The minimum absolute atomic E-state index is 0.187. The molecule has 208 valence electrons. The summed E-state index contributed by atoms with van der Waals surface area (Å²) in [6, 6.07) is 33.0. The fourth-order valence-electron chi connectivity index (χ4n) is 5.86. The number of fused-ring (bicyclic) bond motifs is 4. The number of aryl methyl sites for hydroxylation is 3. The number of hydrogen-bond donors (Lipinski definition) is 1. The summed E-state index contributed by atoms with van der Waals surface area (Å²) in [5, 5.41) is 8.64. The molecule has 0 saturated carbocycles. The number of anilines is 2. The first-order valence-electron chi connectivity index (χ1n) is 14.3. The highest BCUT2D eigenvalue weighted by Crippen LogP contribution is 2.48. The van der Waals surface area contributed by atoms with E-state index in [1.54, 1.807) is 0 Å². The van der Waals surface area contributed by atoms with Crippen molar-refractivity contribution in [2.75, 3.05) is 16.8 Å². The molecule has 0 fully saturated rings. The maximum atomic E-state index is 5.79. The Morgan fingerprint density at radius 1 is 0.881 bits per heavy atom. The van der Waals surface area contributed by atoms with Crippen LogP contribution in [-0.4, -0.2) is 28.1 Å². The highest BCUT2D eigenvalue weighted by atomic mass is 16.5. The SMILES string of the molecule is CCOc1ccc(C2c3c(C)nn(-c4ccccc4)c3N=C3C(=Nc4ccc(C)cc4C)Nc4ccccc4N32)cc1. The molecule has 0 saturated heterocycles. The molecule has 4 aromatic carbocycles. The van der Waals surface area contributed by atoms with E-state index in [0.29, 0.717) is 12.4 Å². The number of nitrogens with zero attached hydrogens (tertiary/aromatic N) is 5. The number of aliphatic imine (C=N–C) groups is 2. The summed E-state index contributed by atoms with van der Waals surface area (Å²) in [5.41, 5.74) is 9.31. The topological polar surface area (TPSA) is 67.0 Å². The van der Waals surface area contributed by atoms with Crippen molar-refractivity contribution in [2.24, 2.45) is 9.98 Å². The quantitative estimate of drug-likeness (QED) is 0.240. The lowest BCUT2D eigenvalue weighted by Gasteiger charge is -2.42. The summed E-state index contributed by atoms with van der Waals surface area (Å²) in [6.07, 6.45) is 0. The van der Waals surface area contributed by atoms with Crippen LogP contribution in [0.5, 0.6) is 5.75 Å². The van der Waals surface area contributed by atoms with Gasteiger partial charge in [0, 0.05) is 5.56 Å². The molecular weight excluding hydrogens is 520 g/mol. The maximum Gasteiger partial charge on any atom is 0.179 e. The van der Waals surface area contributed by atoms with Crippen LogP contribution in [0.15, 0.2) is 107 Å². The normalized spacial score (nSPS) is 16.3. The van der Waals surface area contributed by atoms with Gasteiger partial charge in [-0.25, -0.2) is 14.7 Å². The molecule has 3 heterocycles. The van der Waals surface area contributed by atoms with E-state index in [4.69, 9.17) is 19.8 Å². The van der Waals surface area contributed by atoms with E-state index >= 15 is 0 Å². The number of amidine groups is 2. The Morgan fingerprint density at radius 3 is 2.40 bits per heavy atom. The van der Waals surface area contributed by atoms with Gasteiger partial charge in [0.15, 0.2) is 17.5 Å². The van der Waals surface area contributed by atoms with Crippen molar-refractivity contribution in [3.05, 3.63) is 125 Å². The molecule has 0 aliphatic carbocycles. The summed E-state index contributed by atoms with van der Waals surface area (Å²) >= 11 is 0. The summed E-state index contributed by atoms with van der Waals surface area (Å²) < 4.78 is 7.74. The largest absolute Gasteiger partial charge is 0.494 e. The van der Waals surface area contributed by atoms with Crippen LogP contribution in [0.1, 0.15) is 40.9 Å². The van der Waals surface area contributed by atoms with Crippen LogP contribution in [-0.2, 0) is 0 Å². The van der Waals surface area contributed by atoms with Crippen LogP contribution in [0.2, 0.25) is 0 Å². The molecule has 7 heteroatoms. The minimum atomic E-state index is -0.187. The lowest BCUT2D eigenvalue weighted by molar-refractivity contribution is 0.340.